The minimum absolute atomic E-state index is 0.121. The summed E-state index contributed by atoms with van der Waals surface area (Å²) in [5.41, 5.74) is 1.51. The van der Waals surface area contributed by atoms with Gasteiger partial charge in [-0.2, -0.15) is 0 Å². The Bertz CT molecular complexity index is 522. The Kier molecular flexibility index (Phi) is 3.23. The van der Waals surface area contributed by atoms with Gasteiger partial charge in [-0.15, -0.1) is 0 Å². The third-order valence-electron chi connectivity index (χ3n) is 2.12. The number of nitrogens with one attached hydrogen (secondary N) is 1. The van der Waals surface area contributed by atoms with Crippen LogP contribution >= 0.6 is 0 Å². The van der Waals surface area contributed by atoms with E-state index < -0.39 is 0 Å². The largest absolute Gasteiger partial charge is 0.437 e. The van der Waals surface area contributed by atoms with Crippen LogP contribution in [0.3, 0.4) is 0 Å². The Hall–Kier alpha value is -2.10. The number of carbonyl (C=O) groups is 1. The number of nitrogens with zero attached hydrogens (tertiary/aromatic N) is 1. The summed E-state index contributed by atoms with van der Waals surface area (Å²) in [6, 6.07) is 7.60. The lowest BCUT2D eigenvalue weighted by atomic mass is 10.3. The van der Waals surface area contributed by atoms with Crippen molar-refractivity contribution in [2.75, 3.05) is 0 Å². The first-order valence-electron chi connectivity index (χ1n) is 5.49. The van der Waals surface area contributed by atoms with Crippen molar-refractivity contribution in [2.24, 2.45) is 0 Å². The van der Waals surface area contributed by atoms with Crippen LogP contribution in [0.15, 0.2) is 34.8 Å². The highest BCUT2D eigenvalue weighted by Gasteiger charge is 2.02. The normalized spacial score (nSPS) is 11.5. The van der Waals surface area contributed by atoms with Gasteiger partial charge in [-0.1, -0.05) is 12.1 Å². The lowest BCUT2D eigenvalue weighted by Gasteiger charge is -2.03. The molecule has 0 spiro atoms. The van der Waals surface area contributed by atoms with Gasteiger partial charge < -0.3 is 9.73 Å². The molecule has 0 aliphatic rings. The second-order valence-electron chi connectivity index (χ2n) is 4.02. The van der Waals surface area contributed by atoms with Crippen LogP contribution in [0, 0.1) is 0 Å². The molecule has 4 heteroatoms. The number of hydrogen-bond donors (Lipinski definition) is 1. The van der Waals surface area contributed by atoms with Gasteiger partial charge in [0.1, 0.15) is 5.52 Å². The third kappa shape index (κ3) is 2.93. The molecule has 0 fully saturated rings. The van der Waals surface area contributed by atoms with Crippen LogP contribution in [-0.2, 0) is 4.79 Å². The Labute approximate surface area is 99.3 Å². The van der Waals surface area contributed by atoms with Gasteiger partial charge in [0.25, 0.3) is 0 Å². The third-order valence-corrected chi connectivity index (χ3v) is 2.12. The fourth-order valence-electron chi connectivity index (χ4n) is 1.44. The zero-order valence-corrected chi connectivity index (χ0v) is 9.81. The van der Waals surface area contributed by atoms with Gasteiger partial charge in [-0.3, -0.25) is 4.79 Å². The van der Waals surface area contributed by atoms with Gasteiger partial charge >= 0.3 is 0 Å². The number of rotatable bonds is 3. The van der Waals surface area contributed by atoms with Crippen molar-refractivity contribution in [1.29, 1.82) is 0 Å². The van der Waals surface area contributed by atoms with Crippen molar-refractivity contribution >= 4 is 23.1 Å². The van der Waals surface area contributed by atoms with Crippen LogP contribution in [0.4, 0.5) is 0 Å². The predicted molar refractivity (Wildman–Crippen MR) is 66.3 cm³/mol. The summed E-state index contributed by atoms with van der Waals surface area (Å²) >= 11 is 0. The quantitative estimate of drug-likeness (QED) is 0.823. The molecule has 2 rings (SSSR count). The zero-order chi connectivity index (χ0) is 12.3. The van der Waals surface area contributed by atoms with Gasteiger partial charge in [-0.05, 0) is 26.0 Å². The van der Waals surface area contributed by atoms with E-state index in [2.05, 4.69) is 10.3 Å². The lowest BCUT2D eigenvalue weighted by molar-refractivity contribution is -0.116. The van der Waals surface area contributed by atoms with Gasteiger partial charge in [0, 0.05) is 18.2 Å². The highest BCUT2D eigenvalue weighted by Crippen LogP contribution is 2.15. The lowest BCUT2D eigenvalue weighted by Crippen LogP contribution is -2.28. The van der Waals surface area contributed by atoms with E-state index in [1.165, 1.54) is 6.08 Å². The van der Waals surface area contributed by atoms with E-state index >= 15 is 0 Å². The summed E-state index contributed by atoms with van der Waals surface area (Å²) in [6.07, 6.45) is 2.99. The maximum Gasteiger partial charge on any atom is 0.244 e. The molecule has 0 aliphatic carbocycles. The van der Waals surface area contributed by atoms with Crippen molar-refractivity contribution in [3.8, 4) is 0 Å². The van der Waals surface area contributed by atoms with E-state index in [-0.39, 0.29) is 11.9 Å². The average molecular weight is 230 g/mol. The number of hydrogen-bond acceptors (Lipinski definition) is 3. The Balaban J connectivity index is 2.13. The fourth-order valence-corrected chi connectivity index (χ4v) is 1.44. The summed E-state index contributed by atoms with van der Waals surface area (Å²) in [7, 11) is 0. The van der Waals surface area contributed by atoms with Crippen LogP contribution in [0.2, 0.25) is 0 Å². The maximum absolute atomic E-state index is 11.4. The molecule has 17 heavy (non-hydrogen) atoms. The summed E-state index contributed by atoms with van der Waals surface area (Å²) in [5, 5.41) is 2.75. The molecular formula is C13H14N2O2. The zero-order valence-electron chi connectivity index (χ0n) is 9.81. The van der Waals surface area contributed by atoms with Crippen molar-refractivity contribution < 1.29 is 9.21 Å². The van der Waals surface area contributed by atoms with Gasteiger partial charge in [0.05, 0.1) is 0 Å². The molecule has 88 valence electrons. The number of aromatic nitrogens is 1. The van der Waals surface area contributed by atoms with Crippen LogP contribution in [-0.4, -0.2) is 16.9 Å². The van der Waals surface area contributed by atoms with E-state index in [0.29, 0.717) is 5.89 Å². The molecule has 0 atom stereocenters. The Morgan fingerprint density at radius 2 is 2.18 bits per heavy atom. The number of carbonyl (C=O) groups excluding carboxylic acids is 1. The fraction of sp³-hybridized carbons (Fsp3) is 0.231. The number of para-hydroxylation sites is 2. The van der Waals surface area contributed by atoms with Crippen LogP contribution in [0.5, 0.6) is 0 Å². The molecule has 2 aromatic rings. The molecule has 0 bridgehead atoms. The smallest absolute Gasteiger partial charge is 0.244 e. The molecule has 1 aromatic carbocycles. The highest BCUT2D eigenvalue weighted by molar-refractivity contribution is 5.91. The van der Waals surface area contributed by atoms with Crippen LogP contribution in [0.1, 0.15) is 19.7 Å². The SMILES string of the molecule is CC(C)NC(=O)/C=C/c1nc2ccccc2o1. The van der Waals surface area contributed by atoms with Crippen LogP contribution in [0.25, 0.3) is 17.2 Å². The minimum atomic E-state index is -0.151. The first-order valence-corrected chi connectivity index (χ1v) is 5.49. The standard InChI is InChI=1S/C13H14N2O2/c1-9(2)14-12(16)7-8-13-15-10-5-3-4-6-11(10)17-13/h3-9H,1-2H3,(H,14,16)/b8-7+. The summed E-state index contributed by atoms with van der Waals surface area (Å²) in [6.45, 7) is 3.82. The Morgan fingerprint density at radius 1 is 1.41 bits per heavy atom. The van der Waals surface area contributed by atoms with Gasteiger partial charge in [0.2, 0.25) is 11.8 Å². The predicted octanol–water partition coefficient (Wildman–Crippen LogP) is 2.37. The van der Waals surface area contributed by atoms with E-state index in [1.807, 2.05) is 38.1 Å². The maximum atomic E-state index is 11.4. The molecule has 1 amide bonds. The molecule has 0 aliphatic heterocycles. The molecule has 1 aromatic heterocycles. The van der Waals surface area contributed by atoms with Gasteiger partial charge in [0.15, 0.2) is 5.58 Å². The van der Waals surface area contributed by atoms with E-state index in [1.54, 1.807) is 6.08 Å². The highest BCUT2D eigenvalue weighted by atomic mass is 16.3. The molecule has 0 saturated heterocycles. The van der Waals surface area contributed by atoms with Crippen LogP contribution < -0.4 is 5.32 Å². The summed E-state index contributed by atoms with van der Waals surface area (Å²) < 4.78 is 5.45. The number of benzene rings is 1. The topological polar surface area (TPSA) is 55.1 Å². The first-order chi connectivity index (χ1) is 8.15. The second kappa shape index (κ2) is 4.82. The number of oxazole rings is 1. The molecule has 0 unspecified atom stereocenters. The number of fused-ring (bicyclic) bond motifs is 1. The molecule has 1 heterocycles. The van der Waals surface area contributed by atoms with Crippen molar-refractivity contribution in [1.82, 2.24) is 10.3 Å². The second-order valence-corrected chi connectivity index (χ2v) is 4.02. The van der Waals surface area contributed by atoms with Gasteiger partial charge in [-0.25, -0.2) is 4.98 Å². The van der Waals surface area contributed by atoms with Crippen molar-refractivity contribution in [3.63, 3.8) is 0 Å². The first kappa shape index (κ1) is 11.4. The van der Waals surface area contributed by atoms with E-state index in [4.69, 9.17) is 4.42 Å². The molecule has 0 saturated carbocycles. The average Bonchev–Trinajstić information content (AvgIpc) is 2.68. The summed E-state index contributed by atoms with van der Waals surface area (Å²) in [4.78, 5) is 15.6. The molecule has 4 nitrogen and oxygen atoms in total. The van der Waals surface area contributed by atoms with E-state index in [0.717, 1.165) is 11.1 Å². The van der Waals surface area contributed by atoms with Crippen molar-refractivity contribution in [3.05, 3.63) is 36.2 Å². The number of amides is 1. The monoisotopic (exact) mass is 230 g/mol. The summed E-state index contributed by atoms with van der Waals surface area (Å²) in [5.74, 6) is 0.285. The Morgan fingerprint density at radius 3 is 2.88 bits per heavy atom. The molecule has 0 radical (unpaired) electrons. The molecular weight excluding hydrogens is 216 g/mol. The van der Waals surface area contributed by atoms with Crippen molar-refractivity contribution in [2.45, 2.75) is 19.9 Å². The molecule has 1 N–H and O–H groups in total. The van der Waals surface area contributed by atoms with E-state index in [9.17, 15) is 4.79 Å². The minimum Gasteiger partial charge on any atom is -0.437 e.